The second-order valence-corrected chi connectivity index (χ2v) is 7.47. The zero-order chi connectivity index (χ0) is 15.6. The summed E-state index contributed by atoms with van der Waals surface area (Å²) < 4.78 is 34.1. The minimum absolute atomic E-state index is 0.0974. The number of aliphatic hydroxyl groups excluding tert-OH is 1. The van der Waals surface area contributed by atoms with Gasteiger partial charge in [-0.05, 0) is 25.8 Å². The zero-order valence-corrected chi connectivity index (χ0v) is 13.6. The average Bonchev–Trinajstić information content (AvgIpc) is 3.04. The van der Waals surface area contributed by atoms with Crippen LogP contribution in [0.15, 0.2) is 17.2 Å². The number of ether oxygens (including phenoxy) is 1. The van der Waals surface area contributed by atoms with Crippen molar-refractivity contribution < 1.29 is 18.3 Å². The van der Waals surface area contributed by atoms with E-state index in [2.05, 4.69) is 0 Å². The first kappa shape index (κ1) is 16.5. The first-order chi connectivity index (χ1) is 9.91. The molecule has 21 heavy (non-hydrogen) atoms. The van der Waals surface area contributed by atoms with Gasteiger partial charge in [0.15, 0.2) is 0 Å². The Labute approximate surface area is 126 Å². The molecule has 0 spiro atoms. The summed E-state index contributed by atoms with van der Waals surface area (Å²) in [5, 5.41) is 9.37. The lowest BCUT2D eigenvalue weighted by atomic mass is 10.2. The van der Waals surface area contributed by atoms with Gasteiger partial charge in [-0.1, -0.05) is 6.92 Å². The molecular weight excluding hydrogens is 292 g/mol. The number of hydrogen-bond acceptors (Lipinski definition) is 4. The van der Waals surface area contributed by atoms with Gasteiger partial charge in [0.05, 0.1) is 18.8 Å². The van der Waals surface area contributed by atoms with E-state index in [0.717, 1.165) is 6.42 Å². The Morgan fingerprint density at radius 2 is 2.24 bits per heavy atom. The molecule has 1 aliphatic heterocycles. The third kappa shape index (κ3) is 3.15. The number of likely N-dealkylation sites (N-methyl/N-ethyl adjacent to an activating group) is 1. The van der Waals surface area contributed by atoms with Gasteiger partial charge in [-0.2, -0.15) is 4.31 Å². The highest BCUT2D eigenvalue weighted by Crippen LogP contribution is 2.26. The molecule has 0 saturated carbocycles. The molecule has 1 aliphatic rings. The average molecular weight is 316 g/mol. The number of aliphatic hydroxyl groups is 1. The van der Waals surface area contributed by atoms with Crippen molar-refractivity contribution in [1.82, 2.24) is 8.87 Å². The van der Waals surface area contributed by atoms with Gasteiger partial charge >= 0.3 is 0 Å². The standard InChI is InChI=1S/C14H24N2O4S/c1-4-6-16-9-13(8-12(16)10-17)21(18,19)15(3)14-5-7-20-11(14)2/h8-9,11,14,17H,4-7,10H2,1-3H3. The van der Waals surface area contributed by atoms with Crippen molar-refractivity contribution in [2.75, 3.05) is 13.7 Å². The lowest BCUT2D eigenvalue weighted by Gasteiger charge is -2.25. The van der Waals surface area contributed by atoms with Crippen LogP contribution in [-0.2, 0) is 27.9 Å². The lowest BCUT2D eigenvalue weighted by molar-refractivity contribution is 0.102. The van der Waals surface area contributed by atoms with Crippen LogP contribution in [0.4, 0.5) is 0 Å². The summed E-state index contributed by atoms with van der Waals surface area (Å²) in [5.74, 6) is 0. The molecule has 2 unspecified atom stereocenters. The third-order valence-corrected chi connectivity index (χ3v) is 5.92. The molecule has 2 rings (SSSR count). The number of aryl methyl sites for hydroxylation is 1. The maximum atomic E-state index is 12.7. The molecule has 2 atom stereocenters. The highest BCUT2D eigenvalue weighted by atomic mass is 32.2. The van der Waals surface area contributed by atoms with E-state index >= 15 is 0 Å². The predicted octanol–water partition coefficient (Wildman–Crippen LogP) is 1.19. The Hall–Kier alpha value is -0.890. The van der Waals surface area contributed by atoms with E-state index in [4.69, 9.17) is 4.74 Å². The molecule has 6 nitrogen and oxygen atoms in total. The van der Waals surface area contributed by atoms with Crippen molar-refractivity contribution >= 4 is 10.0 Å². The van der Waals surface area contributed by atoms with Crippen LogP contribution in [0.1, 0.15) is 32.4 Å². The Bertz CT molecular complexity index is 582. The molecule has 2 heterocycles. The number of hydrogen-bond donors (Lipinski definition) is 1. The van der Waals surface area contributed by atoms with Gasteiger partial charge in [-0.15, -0.1) is 0 Å². The van der Waals surface area contributed by atoms with Gasteiger partial charge < -0.3 is 14.4 Å². The van der Waals surface area contributed by atoms with Crippen molar-refractivity contribution in [3.8, 4) is 0 Å². The van der Waals surface area contributed by atoms with Gasteiger partial charge in [-0.25, -0.2) is 8.42 Å². The van der Waals surface area contributed by atoms with Gasteiger partial charge in [0.1, 0.15) is 4.90 Å². The van der Waals surface area contributed by atoms with Crippen LogP contribution in [0.2, 0.25) is 0 Å². The van der Waals surface area contributed by atoms with E-state index in [1.165, 1.54) is 4.31 Å². The van der Waals surface area contributed by atoms with E-state index < -0.39 is 10.0 Å². The summed E-state index contributed by atoms with van der Waals surface area (Å²) in [5.41, 5.74) is 0.625. The summed E-state index contributed by atoms with van der Waals surface area (Å²) >= 11 is 0. The molecule has 0 radical (unpaired) electrons. The fourth-order valence-electron chi connectivity index (χ4n) is 2.79. The maximum Gasteiger partial charge on any atom is 0.244 e. The summed E-state index contributed by atoms with van der Waals surface area (Å²) in [7, 11) is -1.97. The minimum Gasteiger partial charge on any atom is -0.390 e. The normalized spacial score (nSPS) is 23.1. The quantitative estimate of drug-likeness (QED) is 0.856. The van der Waals surface area contributed by atoms with Crippen LogP contribution in [-0.4, -0.2) is 48.2 Å². The van der Waals surface area contributed by atoms with Crippen LogP contribution in [0.3, 0.4) is 0 Å². The second kappa shape index (κ2) is 6.48. The van der Waals surface area contributed by atoms with E-state index in [1.54, 1.807) is 23.9 Å². The van der Waals surface area contributed by atoms with Crippen LogP contribution >= 0.6 is 0 Å². The third-order valence-electron chi connectivity index (χ3n) is 4.07. The van der Waals surface area contributed by atoms with E-state index in [9.17, 15) is 13.5 Å². The van der Waals surface area contributed by atoms with Crippen LogP contribution < -0.4 is 0 Å². The first-order valence-corrected chi connectivity index (χ1v) is 8.75. The molecule has 1 N–H and O–H groups in total. The molecule has 1 aromatic rings. The Kier molecular flexibility index (Phi) is 5.08. The van der Waals surface area contributed by atoms with Gasteiger partial charge in [0.25, 0.3) is 0 Å². The number of sulfonamides is 1. The summed E-state index contributed by atoms with van der Waals surface area (Å²) in [4.78, 5) is 0.238. The molecule has 1 fully saturated rings. The first-order valence-electron chi connectivity index (χ1n) is 7.31. The smallest absolute Gasteiger partial charge is 0.244 e. The molecule has 1 aromatic heterocycles. The van der Waals surface area contributed by atoms with E-state index in [0.29, 0.717) is 25.3 Å². The highest BCUT2D eigenvalue weighted by Gasteiger charge is 2.35. The molecule has 1 saturated heterocycles. The SMILES string of the molecule is CCCn1cc(S(=O)(=O)N(C)C2CCOC2C)cc1CO. The molecule has 0 aromatic carbocycles. The zero-order valence-electron chi connectivity index (χ0n) is 12.8. The summed E-state index contributed by atoms with van der Waals surface area (Å²) in [6, 6.07) is 1.42. The van der Waals surface area contributed by atoms with Crippen molar-refractivity contribution in [1.29, 1.82) is 0 Å². The minimum atomic E-state index is -3.56. The fourth-order valence-corrected chi connectivity index (χ4v) is 4.30. The number of nitrogens with zero attached hydrogens (tertiary/aromatic N) is 2. The van der Waals surface area contributed by atoms with Gasteiger partial charge in [0, 0.05) is 32.1 Å². The van der Waals surface area contributed by atoms with E-state index in [-0.39, 0.29) is 23.6 Å². The van der Waals surface area contributed by atoms with Crippen LogP contribution in [0.5, 0.6) is 0 Å². The van der Waals surface area contributed by atoms with Gasteiger partial charge in [-0.3, -0.25) is 0 Å². The van der Waals surface area contributed by atoms with Gasteiger partial charge in [0.2, 0.25) is 10.0 Å². The molecule has 7 heteroatoms. The van der Waals surface area contributed by atoms with Crippen molar-refractivity contribution in [2.24, 2.45) is 0 Å². The maximum absolute atomic E-state index is 12.7. The highest BCUT2D eigenvalue weighted by molar-refractivity contribution is 7.89. The van der Waals surface area contributed by atoms with Crippen LogP contribution in [0.25, 0.3) is 0 Å². The summed E-state index contributed by atoms with van der Waals surface area (Å²) in [6.45, 7) is 5.02. The lowest BCUT2D eigenvalue weighted by Crippen LogP contribution is -2.40. The Balaban J connectivity index is 2.30. The van der Waals surface area contributed by atoms with Crippen molar-refractivity contribution in [3.63, 3.8) is 0 Å². The van der Waals surface area contributed by atoms with E-state index in [1.807, 2.05) is 13.8 Å². The predicted molar refractivity (Wildman–Crippen MR) is 79.4 cm³/mol. The largest absolute Gasteiger partial charge is 0.390 e. The molecule has 0 amide bonds. The molecule has 0 bridgehead atoms. The Morgan fingerprint density at radius 3 is 2.76 bits per heavy atom. The van der Waals surface area contributed by atoms with Crippen molar-refractivity contribution in [2.45, 2.75) is 56.9 Å². The summed E-state index contributed by atoms with van der Waals surface area (Å²) in [6.07, 6.45) is 3.10. The molecular formula is C14H24N2O4S. The topological polar surface area (TPSA) is 71.8 Å². The fraction of sp³-hybridized carbons (Fsp3) is 0.714. The Morgan fingerprint density at radius 1 is 1.52 bits per heavy atom. The van der Waals surface area contributed by atoms with Crippen LogP contribution in [0, 0.1) is 0 Å². The second-order valence-electron chi connectivity index (χ2n) is 5.47. The molecule has 0 aliphatic carbocycles. The molecule has 120 valence electrons. The number of aromatic nitrogens is 1. The monoisotopic (exact) mass is 316 g/mol. The number of rotatable bonds is 6. The van der Waals surface area contributed by atoms with Crippen molar-refractivity contribution in [3.05, 3.63) is 18.0 Å².